The van der Waals surface area contributed by atoms with E-state index in [0.717, 1.165) is 10.3 Å². The molecule has 0 aliphatic heterocycles. The largest absolute Gasteiger partial charge is 0.618 e. The lowest BCUT2D eigenvalue weighted by Gasteiger charge is -2.03. The fourth-order valence-corrected chi connectivity index (χ4v) is 2.17. The van der Waals surface area contributed by atoms with Crippen LogP contribution in [0.25, 0.3) is 0 Å². The lowest BCUT2D eigenvalue weighted by molar-refractivity contribution is -0.645. The van der Waals surface area contributed by atoms with Crippen LogP contribution >= 0.6 is 11.8 Å². The average molecular weight is 235 g/mol. The Hall–Kier alpha value is -1.55. The van der Waals surface area contributed by atoms with Crippen molar-refractivity contribution < 1.29 is 9.12 Å². The van der Waals surface area contributed by atoms with Crippen molar-refractivity contribution in [2.24, 2.45) is 0 Å². The van der Waals surface area contributed by atoms with Crippen molar-refractivity contribution >= 4 is 11.8 Å². The summed E-state index contributed by atoms with van der Waals surface area (Å²) in [6, 6.07) is 11.6. The van der Waals surface area contributed by atoms with Crippen molar-refractivity contribution in [2.75, 3.05) is 0 Å². The molecule has 0 aliphatic carbocycles. The van der Waals surface area contributed by atoms with Crippen molar-refractivity contribution in [1.29, 1.82) is 0 Å². The molecule has 82 valence electrons. The molecular formula is C12H10FNOS. The van der Waals surface area contributed by atoms with E-state index in [1.165, 1.54) is 30.1 Å². The third-order valence-electron chi connectivity index (χ3n) is 2.06. The van der Waals surface area contributed by atoms with Crippen LogP contribution in [0.15, 0.2) is 53.7 Å². The predicted octanol–water partition coefficient (Wildman–Crippen LogP) is 2.75. The van der Waals surface area contributed by atoms with E-state index in [4.69, 9.17) is 0 Å². The number of aromatic nitrogens is 1. The summed E-state index contributed by atoms with van der Waals surface area (Å²) in [7, 11) is 0. The van der Waals surface area contributed by atoms with Crippen LogP contribution in [0.3, 0.4) is 0 Å². The number of hydrogen-bond acceptors (Lipinski definition) is 2. The van der Waals surface area contributed by atoms with Crippen molar-refractivity contribution in [2.45, 2.75) is 10.8 Å². The number of benzene rings is 1. The highest BCUT2D eigenvalue weighted by molar-refractivity contribution is 7.98. The molecule has 0 aliphatic rings. The van der Waals surface area contributed by atoms with Crippen LogP contribution in [0.1, 0.15) is 5.56 Å². The van der Waals surface area contributed by atoms with Crippen LogP contribution in [0.5, 0.6) is 0 Å². The van der Waals surface area contributed by atoms with E-state index in [1.54, 1.807) is 18.2 Å². The highest BCUT2D eigenvalue weighted by Gasteiger charge is 2.04. The third kappa shape index (κ3) is 2.73. The molecule has 1 aromatic heterocycles. The van der Waals surface area contributed by atoms with Crippen LogP contribution in [0.4, 0.5) is 4.39 Å². The first-order chi connectivity index (χ1) is 7.75. The topological polar surface area (TPSA) is 26.9 Å². The molecule has 0 N–H and O–H groups in total. The number of rotatable bonds is 3. The maximum Gasteiger partial charge on any atom is 0.251 e. The van der Waals surface area contributed by atoms with E-state index in [0.29, 0.717) is 10.8 Å². The molecule has 1 heterocycles. The molecule has 0 bridgehead atoms. The van der Waals surface area contributed by atoms with Crippen molar-refractivity contribution in [3.05, 3.63) is 65.2 Å². The van der Waals surface area contributed by atoms with Gasteiger partial charge in [-0.25, -0.2) is 4.39 Å². The molecule has 0 radical (unpaired) electrons. The van der Waals surface area contributed by atoms with Gasteiger partial charge in [-0.3, -0.25) is 0 Å². The predicted molar refractivity (Wildman–Crippen MR) is 61.4 cm³/mol. The van der Waals surface area contributed by atoms with Gasteiger partial charge in [0, 0.05) is 17.9 Å². The Morgan fingerprint density at radius 1 is 1.19 bits per heavy atom. The first-order valence-electron chi connectivity index (χ1n) is 4.81. The maximum atomic E-state index is 12.9. The van der Waals surface area contributed by atoms with Gasteiger partial charge >= 0.3 is 0 Å². The zero-order valence-corrected chi connectivity index (χ0v) is 9.28. The van der Waals surface area contributed by atoms with E-state index in [-0.39, 0.29) is 5.82 Å². The van der Waals surface area contributed by atoms with Gasteiger partial charge in [0.1, 0.15) is 5.82 Å². The third-order valence-corrected chi connectivity index (χ3v) is 3.15. The van der Waals surface area contributed by atoms with Gasteiger partial charge < -0.3 is 5.21 Å². The average Bonchev–Trinajstić information content (AvgIpc) is 2.28. The second-order valence-electron chi connectivity index (χ2n) is 3.28. The zero-order chi connectivity index (χ0) is 11.4. The fourth-order valence-electron chi connectivity index (χ4n) is 1.31. The molecule has 0 saturated carbocycles. The molecule has 0 fully saturated rings. The van der Waals surface area contributed by atoms with Gasteiger partial charge in [-0.2, -0.15) is 4.73 Å². The number of pyridine rings is 1. The summed E-state index contributed by atoms with van der Waals surface area (Å²) >= 11 is 1.39. The Labute approximate surface area is 97.3 Å². The molecule has 0 saturated heterocycles. The minimum absolute atomic E-state index is 0.249. The smallest absolute Gasteiger partial charge is 0.251 e. The van der Waals surface area contributed by atoms with E-state index >= 15 is 0 Å². The Morgan fingerprint density at radius 3 is 2.81 bits per heavy atom. The normalized spacial score (nSPS) is 10.3. The highest BCUT2D eigenvalue weighted by atomic mass is 32.2. The van der Waals surface area contributed by atoms with E-state index in [1.807, 2.05) is 12.1 Å². The van der Waals surface area contributed by atoms with E-state index in [9.17, 15) is 9.60 Å². The number of nitrogens with zero attached hydrogens (tertiary/aromatic N) is 1. The Morgan fingerprint density at radius 2 is 2.06 bits per heavy atom. The maximum absolute atomic E-state index is 12.9. The molecule has 0 unspecified atom stereocenters. The van der Waals surface area contributed by atoms with Gasteiger partial charge in [0.2, 0.25) is 0 Å². The minimum Gasteiger partial charge on any atom is -0.618 e. The van der Waals surface area contributed by atoms with Gasteiger partial charge in [0.05, 0.1) is 0 Å². The van der Waals surface area contributed by atoms with Crippen molar-refractivity contribution in [1.82, 2.24) is 0 Å². The summed E-state index contributed by atoms with van der Waals surface area (Å²) < 4.78 is 13.7. The van der Waals surface area contributed by atoms with Crippen LogP contribution < -0.4 is 4.73 Å². The van der Waals surface area contributed by atoms with Crippen LogP contribution in [0, 0.1) is 11.0 Å². The second-order valence-corrected chi connectivity index (χ2v) is 4.28. The molecule has 2 nitrogen and oxygen atoms in total. The molecule has 0 atom stereocenters. The summed E-state index contributed by atoms with van der Waals surface area (Å²) in [5.41, 5.74) is 0.869. The molecule has 2 rings (SSSR count). The number of thioether (sulfide) groups is 1. The van der Waals surface area contributed by atoms with Gasteiger partial charge in [0.15, 0.2) is 6.20 Å². The molecule has 1 aromatic carbocycles. The van der Waals surface area contributed by atoms with Gasteiger partial charge in [0.25, 0.3) is 5.03 Å². The van der Waals surface area contributed by atoms with Gasteiger partial charge in [-0.05, 0) is 23.8 Å². The molecule has 0 spiro atoms. The Bertz CT molecular complexity index is 490. The molecule has 0 amide bonds. The summed E-state index contributed by atoms with van der Waals surface area (Å²) in [6.07, 6.45) is 1.45. The second kappa shape index (κ2) is 4.99. The van der Waals surface area contributed by atoms with Crippen molar-refractivity contribution in [3.63, 3.8) is 0 Å². The van der Waals surface area contributed by atoms with Crippen molar-refractivity contribution in [3.8, 4) is 0 Å². The molecule has 16 heavy (non-hydrogen) atoms. The SMILES string of the molecule is [O-][n+]1ccccc1SCc1cccc(F)c1. The standard InChI is InChI=1S/C12H10FNOS/c13-11-5-3-4-10(8-11)9-16-12-6-1-2-7-14(12)15/h1-8H,9H2. The quantitative estimate of drug-likeness (QED) is 0.464. The van der Waals surface area contributed by atoms with Gasteiger partial charge in [-0.15, -0.1) is 0 Å². The summed E-state index contributed by atoms with van der Waals surface area (Å²) in [5.74, 6) is 0.338. The van der Waals surface area contributed by atoms with Crippen LogP contribution in [0.2, 0.25) is 0 Å². The number of halogens is 1. The first kappa shape index (κ1) is 11.0. The molecular weight excluding hydrogens is 225 g/mol. The fraction of sp³-hybridized carbons (Fsp3) is 0.0833. The molecule has 2 aromatic rings. The highest BCUT2D eigenvalue weighted by Crippen LogP contribution is 2.19. The number of hydrogen-bond donors (Lipinski definition) is 0. The van der Waals surface area contributed by atoms with Crippen LogP contribution in [-0.2, 0) is 5.75 Å². The van der Waals surface area contributed by atoms with E-state index in [2.05, 4.69) is 0 Å². The Kier molecular flexibility index (Phi) is 3.41. The first-order valence-corrected chi connectivity index (χ1v) is 5.80. The zero-order valence-electron chi connectivity index (χ0n) is 8.47. The summed E-state index contributed by atoms with van der Waals surface area (Å²) in [5, 5.41) is 11.9. The van der Waals surface area contributed by atoms with E-state index < -0.39 is 0 Å². The van der Waals surface area contributed by atoms with Gasteiger partial charge in [-0.1, -0.05) is 23.9 Å². The molecule has 4 heteroatoms. The monoisotopic (exact) mass is 235 g/mol. The minimum atomic E-state index is -0.249. The Balaban J connectivity index is 2.05. The lowest BCUT2D eigenvalue weighted by atomic mass is 10.2. The summed E-state index contributed by atoms with van der Waals surface area (Å²) in [4.78, 5) is 0. The summed E-state index contributed by atoms with van der Waals surface area (Å²) in [6.45, 7) is 0. The van der Waals surface area contributed by atoms with Crippen LogP contribution in [-0.4, -0.2) is 0 Å². The lowest BCUT2D eigenvalue weighted by Crippen LogP contribution is -2.27.